The molecule has 1 aromatic heterocycles. The first-order valence-corrected chi connectivity index (χ1v) is 12.9. The van der Waals surface area contributed by atoms with Crippen molar-refractivity contribution in [2.45, 2.75) is 31.8 Å². The van der Waals surface area contributed by atoms with Gasteiger partial charge in [0.1, 0.15) is 18.0 Å². The van der Waals surface area contributed by atoms with Gasteiger partial charge in [-0.2, -0.15) is 5.10 Å². The number of piperazine rings is 1. The van der Waals surface area contributed by atoms with Crippen molar-refractivity contribution in [3.63, 3.8) is 0 Å². The molecule has 2 aromatic rings. The zero-order valence-electron chi connectivity index (χ0n) is 21.4. The maximum atomic E-state index is 13.3. The predicted molar refractivity (Wildman–Crippen MR) is 137 cm³/mol. The first kappa shape index (κ1) is 26.4. The second-order valence-electron chi connectivity index (χ2n) is 9.93. The molecule has 0 aliphatic carbocycles. The van der Waals surface area contributed by atoms with Crippen molar-refractivity contribution < 1.29 is 19.1 Å². The van der Waals surface area contributed by atoms with E-state index in [2.05, 4.69) is 17.0 Å². The molecule has 0 bridgehead atoms. The van der Waals surface area contributed by atoms with Crippen LogP contribution in [0.15, 0.2) is 30.6 Å². The Morgan fingerprint density at radius 1 is 1.11 bits per heavy atom. The Morgan fingerprint density at radius 3 is 2.58 bits per heavy atom. The minimum absolute atomic E-state index is 0.0312. The number of hydrogen-bond acceptors (Lipinski definition) is 6. The monoisotopic (exact) mass is 517 g/mol. The standard InChI is InChI=1S/C26H36ClN5O4/c1-20-14-22(5-6-23(20)27)35-19-26(15-25(34)31-10-8-29(2)9-11-31)18-32(12-13-36-26)24(33)7-4-21-16-28-30(3)17-21/h5-6,14,16-17H,4,7-13,15,18-19H2,1-3H3/t26-/m0/s1. The fourth-order valence-electron chi connectivity index (χ4n) is 4.68. The van der Waals surface area contributed by atoms with Gasteiger partial charge in [-0.25, -0.2) is 0 Å². The molecule has 0 unspecified atom stereocenters. The van der Waals surface area contributed by atoms with E-state index in [1.165, 1.54) is 0 Å². The Balaban J connectivity index is 1.45. The summed E-state index contributed by atoms with van der Waals surface area (Å²) >= 11 is 6.17. The van der Waals surface area contributed by atoms with Gasteiger partial charge in [0.15, 0.2) is 0 Å². The molecular weight excluding hydrogens is 482 g/mol. The van der Waals surface area contributed by atoms with Gasteiger partial charge in [-0.1, -0.05) is 11.6 Å². The maximum absolute atomic E-state index is 13.3. The summed E-state index contributed by atoms with van der Waals surface area (Å²) in [6.45, 7) is 6.32. The lowest BCUT2D eigenvalue weighted by Crippen LogP contribution is -2.59. The van der Waals surface area contributed by atoms with Gasteiger partial charge in [-0.15, -0.1) is 0 Å². The molecule has 3 heterocycles. The number of amides is 2. The van der Waals surface area contributed by atoms with Crippen LogP contribution in [0.4, 0.5) is 0 Å². The van der Waals surface area contributed by atoms with E-state index in [0.717, 1.165) is 24.2 Å². The SMILES string of the molecule is Cc1cc(OC[C@]2(CC(=O)N3CCN(C)CC3)CN(C(=O)CCc3cnn(C)c3)CCO2)ccc1Cl. The molecule has 0 N–H and O–H groups in total. The quantitative estimate of drug-likeness (QED) is 0.534. The second kappa shape index (κ2) is 11.6. The summed E-state index contributed by atoms with van der Waals surface area (Å²) < 4.78 is 14.1. The zero-order valence-corrected chi connectivity index (χ0v) is 22.2. The Hall–Kier alpha value is -2.62. The van der Waals surface area contributed by atoms with E-state index in [1.54, 1.807) is 16.9 Å². The van der Waals surface area contributed by atoms with Crippen LogP contribution < -0.4 is 4.74 Å². The molecule has 1 atom stereocenters. The number of carbonyl (C=O) groups excluding carboxylic acids is 2. The van der Waals surface area contributed by atoms with Gasteiger partial charge in [0.25, 0.3) is 0 Å². The van der Waals surface area contributed by atoms with Crippen LogP contribution in [0, 0.1) is 6.92 Å². The van der Waals surface area contributed by atoms with Crippen molar-refractivity contribution in [2.24, 2.45) is 7.05 Å². The third-order valence-electron chi connectivity index (χ3n) is 6.95. The maximum Gasteiger partial charge on any atom is 0.225 e. The first-order valence-electron chi connectivity index (χ1n) is 12.5. The molecule has 1 aromatic carbocycles. The minimum Gasteiger partial charge on any atom is -0.490 e. The van der Waals surface area contributed by atoms with Crippen molar-refractivity contribution >= 4 is 23.4 Å². The van der Waals surface area contributed by atoms with Crippen molar-refractivity contribution in [1.29, 1.82) is 0 Å². The van der Waals surface area contributed by atoms with Gasteiger partial charge in [0.2, 0.25) is 11.8 Å². The van der Waals surface area contributed by atoms with Crippen LogP contribution in [0.25, 0.3) is 0 Å². The lowest BCUT2D eigenvalue weighted by atomic mass is 9.96. The summed E-state index contributed by atoms with van der Waals surface area (Å²) in [5, 5.41) is 4.85. The Bertz CT molecular complexity index is 1070. The Morgan fingerprint density at radius 2 is 1.89 bits per heavy atom. The largest absolute Gasteiger partial charge is 0.490 e. The number of aryl methyl sites for hydroxylation is 3. The van der Waals surface area contributed by atoms with E-state index in [9.17, 15) is 9.59 Å². The summed E-state index contributed by atoms with van der Waals surface area (Å²) in [5.41, 5.74) is 1.02. The van der Waals surface area contributed by atoms with Crippen LogP contribution in [-0.4, -0.2) is 101 Å². The highest BCUT2D eigenvalue weighted by atomic mass is 35.5. The van der Waals surface area contributed by atoms with Gasteiger partial charge in [-0.05, 0) is 49.7 Å². The fourth-order valence-corrected chi connectivity index (χ4v) is 4.80. The Labute approximate surface area is 217 Å². The van der Waals surface area contributed by atoms with Crippen LogP contribution in [0.1, 0.15) is 24.0 Å². The number of aromatic nitrogens is 2. The molecule has 2 aliphatic rings. The number of morpholine rings is 1. The molecular formula is C26H36ClN5O4. The van der Waals surface area contributed by atoms with Gasteiger partial charge in [-0.3, -0.25) is 14.3 Å². The predicted octanol–water partition coefficient (Wildman–Crippen LogP) is 2.16. The van der Waals surface area contributed by atoms with Gasteiger partial charge in [0, 0.05) is 57.4 Å². The highest BCUT2D eigenvalue weighted by Gasteiger charge is 2.42. The number of carbonyl (C=O) groups is 2. The van der Waals surface area contributed by atoms with E-state index >= 15 is 0 Å². The van der Waals surface area contributed by atoms with Crippen LogP contribution >= 0.6 is 11.6 Å². The number of benzene rings is 1. The number of hydrogen-bond donors (Lipinski definition) is 0. The smallest absolute Gasteiger partial charge is 0.225 e. The molecule has 2 aliphatic heterocycles. The van der Waals surface area contributed by atoms with E-state index in [4.69, 9.17) is 21.1 Å². The summed E-state index contributed by atoms with van der Waals surface area (Å²) in [6.07, 6.45) is 4.87. The Kier molecular flexibility index (Phi) is 8.54. The normalized spacial score (nSPS) is 21.0. The van der Waals surface area contributed by atoms with Crippen molar-refractivity contribution in [2.75, 3.05) is 59.5 Å². The summed E-state index contributed by atoms with van der Waals surface area (Å²) in [5.74, 6) is 0.733. The van der Waals surface area contributed by atoms with E-state index in [1.807, 2.05) is 42.1 Å². The lowest BCUT2D eigenvalue weighted by Gasteiger charge is -2.43. The number of likely N-dealkylation sites (N-methyl/N-ethyl adjacent to an activating group) is 1. The van der Waals surface area contributed by atoms with Crippen molar-refractivity contribution in [3.05, 3.63) is 46.7 Å². The van der Waals surface area contributed by atoms with Crippen LogP contribution in [-0.2, 0) is 27.8 Å². The molecule has 2 saturated heterocycles. The summed E-state index contributed by atoms with van der Waals surface area (Å²) in [7, 11) is 3.92. The highest BCUT2D eigenvalue weighted by Crippen LogP contribution is 2.28. The van der Waals surface area contributed by atoms with Gasteiger partial charge >= 0.3 is 0 Å². The zero-order chi connectivity index (χ0) is 25.7. The number of halogens is 1. The van der Waals surface area contributed by atoms with E-state index < -0.39 is 5.60 Å². The van der Waals surface area contributed by atoms with Gasteiger partial charge < -0.3 is 24.2 Å². The molecule has 0 radical (unpaired) electrons. The number of ether oxygens (including phenoxy) is 2. The van der Waals surface area contributed by atoms with Crippen LogP contribution in [0.3, 0.4) is 0 Å². The van der Waals surface area contributed by atoms with E-state index in [0.29, 0.717) is 56.4 Å². The molecule has 36 heavy (non-hydrogen) atoms. The van der Waals surface area contributed by atoms with Crippen molar-refractivity contribution in [3.8, 4) is 5.75 Å². The van der Waals surface area contributed by atoms with Crippen LogP contribution in [0.2, 0.25) is 5.02 Å². The van der Waals surface area contributed by atoms with Crippen LogP contribution in [0.5, 0.6) is 5.75 Å². The highest BCUT2D eigenvalue weighted by molar-refractivity contribution is 6.31. The van der Waals surface area contributed by atoms with Crippen molar-refractivity contribution in [1.82, 2.24) is 24.5 Å². The number of nitrogens with zero attached hydrogens (tertiary/aromatic N) is 5. The molecule has 2 fully saturated rings. The second-order valence-corrected chi connectivity index (χ2v) is 10.3. The molecule has 10 heteroatoms. The molecule has 4 rings (SSSR count). The van der Waals surface area contributed by atoms with Gasteiger partial charge in [0.05, 0.1) is 25.8 Å². The topological polar surface area (TPSA) is 80.1 Å². The minimum atomic E-state index is -0.920. The summed E-state index contributed by atoms with van der Waals surface area (Å²) in [6, 6.07) is 5.48. The molecule has 9 nitrogen and oxygen atoms in total. The number of rotatable bonds is 8. The third kappa shape index (κ3) is 6.78. The molecule has 196 valence electrons. The average Bonchev–Trinajstić information content (AvgIpc) is 3.29. The average molecular weight is 518 g/mol. The summed E-state index contributed by atoms with van der Waals surface area (Å²) in [4.78, 5) is 32.4. The van der Waals surface area contributed by atoms with E-state index in [-0.39, 0.29) is 24.8 Å². The fraction of sp³-hybridized carbons (Fsp3) is 0.577. The lowest BCUT2D eigenvalue weighted by molar-refractivity contribution is -0.166. The molecule has 0 spiro atoms. The first-order chi connectivity index (χ1) is 17.2. The third-order valence-corrected chi connectivity index (χ3v) is 7.37. The molecule has 0 saturated carbocycles. The molecule has 2 amide bonds.